The van der Waals surface area contributed by atoms with Crippen LogP contribution < -0.4 is 5.32 Å². The zero-order valence-corrected chi connectivity index (χ0v) is 16.0. The first-order valence-corrected chi connectivity index (χ1v) is 9.91. The predicted octanol–water partition coefficient (Wildman–Crippen LogP) is 3.20. The highest BCUT2D eigenvalue weighted by Crippen LogP contribution is 2.27. The number of fused-ring (bicyclic) bond motifs is 3. The normalized spacial score (nSPS) is 23.8. The molecule has 0 spiro atoms. The van der Waals surface area contributed by atoms with Gasteiger partial charge in [-0.05, 0) is 56.5 Å². The number of benzene rings is 1. The fourth-order valence-electron chi connectivity index (χ4n) is 4.26. The second-order valence-corrected chi connectivity index (χ2v) is 7.81. The molecule has 3 saturated heterocycles. The summed E-state index contributed by atoms with van der Waals surface area (Å²) in [6.07, 6.45) is 2.39. The van der Waals surface area contributed by atoms with Gasteiger partial charge in [-0.3, -0.25) is 4.98 Å². The molecule has 142 valence electrons. The van der Waals surface area contributed by atoms with Crippen molar-refractivity contribution in [3.05, 3.63) is 65.5 Å². The van der Waals surface area contributed by atoms with E-state index in [1.165, 1.54) is 25.9 Å². The average Bonchev–Trinajstić information content (AvgIpc) is 2.69. The Hall–Kier alpha value is -2.40. The summed E-state index contributed by atoms with van der Waals surface area (Å²) < 4.78 is 0. The van der Waals surface area contributed by atoms with Crippen molar-refractivity contribution < 1.29 is 4.79 Å². The van der Waals surface area contributed by atoms with Crippen LogP contribution in [0.1, 0.15) is 29.8 Å². The van der Waals surface area contributed by atoms with E-state index >= 15 is 0 Å². The van der Waals surface area contributed by atoms with E-state index in [0.717, 1.165) is 23.5 Å². The number of piperidine rings is 3. The lowest BCUT2D eigenvalue weighted by molar-refractivity contribution is 0.0723. The van der Waals surface area contributed by atoms with E-state index in [2.05, 4.69) is 27.3 Å². The van der Waals surface area contributed by atoms with Crippen molar-refractivity contribution in [3.8, 4) is 0 Å². The zero-order valence-electron chi connectivity index (χ0n) is 16.0. The van der Waals surface area contributed by atoms with Gasteiger partial charge in [0.2, 0.25) is 0 Å². The van der Waals surface area contributed by atoms with E-state index in [9.17, 15) is 4.79 Å². The summed E-state index contributed by atoms with van der Waals surface area (Å²) in [6.45, 7) is 6.43. The topological polar surface area (TPSA) is 48.5 Å². The van der Waals surface area contributed by atoms with Crippen molar-refractivity contribution in [1.82, 2.24) is 20.1 Å². The lowest BCUT2D eigenvalue weighted by atomic mass is 9.84. The molecule has 5 rings (SSSR count). The molecule has 1 aromatic carbocycles. The molecule has 5 heteroatoms. The molecule has 4 heterocycles. The molecule has 0 unspecified atom stereocenters. The van der Waals surface area contributed by atoms with Gasteiger partial charge in [0.15, 0.2) is 0 Å². The maximum absolute atomic E-state index is 13.1. The highest BCUT2D eigenvalue weighted by atomic mass is 16.2. The number of nitrogens with zero attached hydrogens (tertiary/aromatic N) is 3. The molecular weight excluding hydrogens is 336 g/mol. The highest BCUT2D eigenvalue weighted by molar-refractivity contribution is 5.74. The molecular formula is C22H28N4O. The Kier molecular flexibility index (Phi) is 5.39. The van der Waals surface area contributed by atoms with E-state index in [1.807, 2.05) is 48.2 Å². The van der Waals surface area contributed by atoms with Crippen molar-refractivity contribution in [2.75, 3.05) is 19.6 Å². The zero-order chi connectivity index (χ0) is 18.6. The molecule has 3 aliphatic heterocycles. The number of amides is 2. The van der Waals surface area contributed by atoms with Gasteiger partial charge in [0.1, 0.15) is 0 Å². The van der Waals surface area contributed by atoms with E-state index in [-0.39, 0.29) is 12.1 Å². The number of rotatable bonds is 5. The molecule has 0 saturated carbocycles. The maximum Gasteiger partial charge on any atom is 0.318 e. The van der Waals surface area contributed by atoms with Crippen LogP contribution in [0.5, 0.6) is 0 Å². The van der Waals surface area contributed by atoms with Crippen LogP contribution in [0.25, 0.3) is 0 Å². The van der Waals surface area contributed by atoms with Gasteiger partial charge in [-0.15, -0.1) is 0 Å². The van der Waals surface area contributed by atoms with E-state index in [4.69, 9.17) is 0 Å². The van der Waals surface area contributed by atoms with Gasteiger partial charge in [-0.25, -0.2) is 4.79 Å². The van der Waals surface area contributed by atoms with Crippen LogP contribution in [0.3, 0.4) is 0 Å². The quantitative estimate of drug-likeness (QED) is 0.886. The second kappa shape index (κ2) is 8.09. The van der Waals surface area contributed by atoms with Crippen LogP contribution in [0, 0.1) is 12.8 Å². The molecule has 0 radical (unpaired) electrons. The van der Waals surface area contributed by atoms with Crippen molar-refractivity contribution in [2.45, 2.75) is 38.9 Å². The van der Waals surface area contributed by atoms with Crippen molar-refractivity contribution in [2.24, 2.45) is 5.92 Å². The maximum atomic E-state index is 13.1. The van der Waals surface area contributed by atoms with Gasteiger partial charge in [0.05, 0.1) is 12.2 Å². The smallest absolute Gasteiger partial charge is 0.318 e. The number of pyridine rings is 1. The van der Waals surface area contributed by atoms with Gasteiger partial charge in [-0.1, -0.05) is 36.4 Å². The minimum absolute atomic E-state index is 0.0147. The molecule has 2 amide bonds. The lowest BCUT2D eigenvalue weighted by Crippen LogP contribution is -2.58. The summed E-state index contributed by atoms with van der Waals surface area (Å²) in [5, 5.41) is 3.32. The largest absolute Gasteiger partial charge is 0.334 e. The Bertz CT molecular complexity index is 771. The molecule has 5 nitrogen and oxygen atoms in total. The Morgan fingerprint density at radius 2 is 1.89 bits per heavy atom. The Morgan fingerprint density at radius 3 is 2.56 bits per heavy atom. The highest BCUT2D eigenvalue weighted by Gasteiger charge is 2.35. The third-order valence-corrected chi connectivity index (χ3v) is 5.77. The Balaban J connectivity index is 1.48. The van der Waals surface area contributed by atoms with Gasteiger partial charge in [-0.2, -0.15) is 0 Å². The van der Waals surface area contributed by atoms with Crippen LogP contribution in [0.15, 0.2) is 48.5 Å². The number of aromatic nitrogens is 1. The first-order valence-electron chi connectivity index (χ1n) is 9.91. The van der Waals surface area contributed by atoms with Crippen LogP contribution in [0.4, 0.5) is 4.79 Å². The summed E-state index contributed by atoms with van der Waals surface area (Å²) in [5.41, 5.74) is 3.04. The summed E-state index contributed by atoms with van der Waals surface area (Å²) in [5.74, 6) is 0.620. The number of hydrogen-bond acceptors (Lipinski definition) is 3. The number of aryl methyl sites for hydroxylation is 1. The second-order valence-electron chi connectivity index (χ2n) is 7.81. The molecule has 1 aromatic heterocycles. The molecule has 2 aromatic rings. The van der Waals surface area contributed by atoms with Crippen molar-refractivity contribution in [1.29, 1.82) is 0 Å². The lowest BCUT2D eigenvalue weighted by Gasteiger charge is -2.45. The van der Waals surface area contributed by atoms with Crippen LogP contribution in [-0.2, 0) is 13.1 Å². The monoisotopic (exact) mass is 364 g/mol. The number of urea groups is 1. The first kappa shape index (κ1) is 18.0. The minimum Gasteiger partial charge on any atom is -0.334 e. The van der Waals surface area contributed by atoms with E-state index in [0.29, 0.717) is 19.0 Å². The standard InChI is InChI=1S/C22H28N4O/c1-17-6-5-9-20(23-17)15-26(14-18-7-3-2-4-8-18)22(27)24-21-16-25-12-10-19(21)11-13-25/h2-9,19,21H,10-16H2,1H3,(H,24,27)/t21-/m1/s1. The van der Waals surface area contributed by atoms with Gasteiger partial charge >= 0.3 is 6.03 Å². The van der Waals surface area contributed by atoms with E-state index < -0.39 is 0 Å². The number of carbonyl (C=O) groups excluding carboxylic acids is 1. The number of carbonyl (C=O) groups is 1. The molecule has 3 aliphatic rings. The summed E-state index contributed by atoms with van der Waals surface area (Å²) in [7, 11) is 0. The number of hydrogen-bond donors (Lipinski definition) is 1. The summed E-state index contributed by atoms with van der Waals surface area (Å²) in [4.78, 5) is 22.1. The summed E-state index contributed by atoms with van der Waals surface area (Å²) in [6, 6.07) is 16.4. The molecule has 1 atom stereocenters. The van der Waals surface area contributed by atoms with Crippen LogP contribution in [0.2, 0.25) is 0 Å². The summed E-state index contributed by atoms with van der Waals surface area (Å²) >= 11 is 0. The predicted molar refractivity (Wildman–Crippen MR) is 106 cm³/mol. The number of nitrogens with one attached hydrogen (secondary N) is 1. The molecule has 1 N–H and O–H groups in total. The fourth-order valence-corrected chi connectivity index (χ4v) is 4.26. The van der Waals surface area contributed by atoms with Crippen LogP contribution >= 0.6 is 0 Å². The average molecular weight is 364 g/mol. The Labute approximate surface area is 161 Å². The molecule has 3 fully saturated rings. The third-order valence-electron chi connectivity index (χ3n) is 5.77. The first-order chi connectivity index (χ1) is 13.2. The van der Waals surface area contributed by atoms with Crippen molar-refractivity contribution >= 4 is 6.03 Å². The van der Waals surface area contributed by atoms with Crippen molar-refractivity contribution in [3.63, 3.8) is 0 Å². The Morgan fingerprint density at radius 1 is 1.11 bits per heavy atom. The van der Waals surface area contributed by atoms with Gasteiger partial charge < -0.3 is 15.1 Å². The van der Waals surface area contributed by atoms with Crippen LogP contribution in [-0.4, -0.2) is 46.5 Å². The molecule has 0 aliphatic carbocycles. The fraction of sp³-hybridized carbons (Fsp3) is 0.455. The van der Waals surface area contributed by atoms with Gasteiger partial charge in [0, 0.05) is 24.8 Å². The third kappa shape index (κ3) is 4.48. The molecule has 27 heavy (non-hydrogen) atoms. The SMILES string of the molecule is Cc1cccc(CN(Cc2ccccc2)C(=O)N[C@@H]2CN3CCC2CC3)n1. The van der Waals surface area contributed by atoms with E-state index in [1.54, 1.807) is 0 Å². The van der Waals surface area contributed by atoms with Gasteiger partial charge in [0.25, 0.3) is 0 Å². The molecule has 2 bridgehead atoms. The minimum atomic E-state index is 0.0147.